The highest BCUT2D eigenvalue weighted by atomic mass is 32.1. The average Bonchev–Trinajstić information content (AvgIpc) is 2.86. The summed E-state index contributed by atoms with van der Waals surface area (Å²) in [5.74, 6) is 1.66. The van der Waals surface area contributed by atoms with Gasteiger partial charge in [-0.05, 0) is 31.2 Å². The molecule has 1 aromatic carbocycles. The Bertz CT molecular complexity index is 482. The second-order valence-corrected chi connectivity index (χ2v) is 4.57. The van der Waals surface area contributed by atoms with Gasteiger partial charge >= 0.3 is 0 Å². The maximum absolute atomic E-state index is 5.63. The van der Waals surface area contributed by atoms with E-state index >= 15 is 0 Å². The van der Waals surface area contributed by atoms with E-state index in [1.807, 2.05) is 36.6 Å². The van der Waals surface area contributed by atoms with Gasteiger partial charge in [-0.15, -0.1) is 11.3 Å². The lowest BCUT2D eigenvalue weighted by molar-refractivity contribution is 0.300. The van der Waals surface area contributed by atoms with Crippen molar-refractivity contribution in [3.05, 3.63) is 40.3 Å². The lowest BCUT2D eigenvalue weighted by Crippen LogP contribution is -1.99. The smallest absolute Gasteiger partial charge is 0.131 e. The highest BCUT2D eigenvalue weighted by Gasteiger charge is 2.02. The number of nitrogens with two attached hydrogens (primary N) is 1. The second kappa shape index (κ2) is 6.37. The van der Waals surface area contributed by atoms with E-state index in [9.17, 15) is 0 Å². The summed E-state index contributed by atoms with van der Waals surface area (Å²) in [5.41, 5.74) is 6.42. The second-order valence-electron chi connectivity index (χ2n) is 3.63. The Morgan fingerprint density at radius 1 is 1.17 bits per heavy atom. The van der Waals surface area contributed by atoms with E-state index in [0.717, 1.165) is 22.2 Å². The molecule has 0 aliphatic rings. The third kappa shape index (κ3) is 3.45. The Morgan fingerprint density at radius 2 is 1.83 bits per heavy atom. The molecule has 96 valence electrons. The summed E-state index contributed by atoms with van der Waals surface area (Å²) in [7, 11) is 0. The molecular weight excluding hydrogens is 248 g/mol. The number of ether oxygens (including phenoxy) is 2. The number of rotatable bonds is 6. The minimum Gasteiger partial charge on any atom is -0.494 e. The van der Waals surface area contributed by atoms with Crippen molar-refractivity contribution in [1.82, 2.24) is 4.98 Å². The molecule has 2 aromatic rings. The molecule has 0 bridgehead atoms. The summed E-state index contributed by atoms with van der Waals surface area (Å²) in [6.07, 6.45) is 0. The van der Waals surface area contributed by atoms with Crippen LogP contribution in [-0.4, -0.2) is 11.6 Å². The molecule has 0 amide bonds. The topological polar surface area (TPSA) is 57.4 Å². The summed E-state index contributed by atoms with van der Waals surface area (Å²) < 4.78 is 11.0. The van der Waals surface area contributed by atoms with Crippen LogP contribution in [0, 0.1) is 0 Å². The maximum atomic E-state index is 5.63. The number of hydrogen-bond acceptors (Lipinski definition) is 5. The van der Waals surface area contributed by atoms with Gasteiger partial charge in [0.15, 0.2) is 0 Å². The van der Waals surface area contributed by atoms with E-state index in [4.69, 9.17) is 15.2 Å². The van der Waals surface area contributed by atoms with Gasteiger partial charge in [0.25, 0.3) is 0 Å². The molecule has 2 rings (SSSR count). The van der Waals surface area contributed by atoms with E-state index < -0.39 is 0 Å². The molecule has 5 heteroatoms. The Kier molecular flexibility index (Phi) is 4.55. The van der Waals surface area contributed by atoms with Gasteiger partial charge in [-0.1, -0.05) is 0 Å². The molecule has 0 atom stereocenters. The van der Waals surface area contributed by atoms with Gasteiger partial charge in [-0.3, -0.25) is 0 Å². The van der Waals surface area contributed by atoms with Crippen LogP contribution in [0.4, 0.5) is 0 Å². The number of thiazole rings is 1. The summed E-state index contributed by atoms with van der Waals surface area (Å²) >= 11 is 1.56. The van der Waals surface area contributed by atoms with Gasteiger partial charge in [0, 0.05) is 11.9 Å². The van der Waals surface area contributed by atoms with Crippen molar-refractivity contribution in [1.29, 1.82) is 0 Å². The van der Waals surface area contributed by atoms with Crippen molar-refractivity contribution >= 4 is 11.3 Å². The van der Waals surface area contributed by atoms with Crippen LogP contribution in [0.25, 0.3) is 0 Å². The van der Waals surface area contributed by atoms with Crippen molar-refractivity contribution in [2.75, 3.05) is 6.61 Å². The fourth-order valence-corrected chi connectivity index (χ4v) is 2.12. The van der Waals surface area contributed by atoms with E-state index in [2.05, 4.69) is 4.98 Å². The molecule has 0 saturated carbocycles. The standard InChI is InChI=1S/C13H16N2O2S/c1-2-16-11-3-5-12(6-4-11)17-8-10-9-18-13(7-14)15-10/h3-6,9H,2,7-8,14H2,1H3. The van der Waals surface area contributed by atoms with Crippen LogP contribution < -0.4 is 15.2 Å². The van der Waals surface area contributed by atoms with E-state index in [-0.39, 0.29) is 0 Å². The lowest BCUT2D eigenvalue weighted by atomic mass is 10.3. The first-order valence-electron chi connectivity index (χ1n) is 5.81. The SMILES string of the molecule is CCOc1ccc(OCc2csc(CN)n2)cc1. The van der Waals surface area contributed by atoms with E-state index in [1.54, 1.807) is 11.3 Å². The highest BCUT2D eigenvalue weighted by molar-refractivity contribution is 7.09. The first-order valence-corrected chi connectivity index (χ1v) is 6.68. The largest absolute Gasteiger partial charge is 0.494 e. The molecule has 0 aliphatic heterocycles. The highest BCUT2D eigenvalue weighted by Crippen LogP contribution is 2.19. The maximum Gasteiger partial charge on any atom is 0.131 e. The van der Waals surface area contributed by atoms with Crippen molar-refractivity contribution in [3.8, 4) is 11.5 Å². The van der Waals surface area contributed by atoms with Crippen LogP contribution in [-0.2, 0) is 13.2 Å². The molecule has 1 aromatic heterocycles. The van der Waals surface area contributed by atoms with Crippen LogP contribution in [0.15, 0.2) is 29.6 Å². The normalized spacial score (nSPS) is 10.3. The summed E-state index contributed by atoms with van der Waals surface area (Å²) in [5, 5.41) is 2.90. The number of nitrogens with zero attached hydrogens (tertiary/aromatic N) is 1. The number of aromatic nitrogens is 1. The van der Waals surface area contributed by atoms with Gasteiger partial charge in [0.2, 0.25) is 0 Å². The molecule has 0 unspecified atom stereocenters. The molecule has 4 nitrogen and oxygen atoms in total. The molecule has 1 heterocycles. The quantitative estimate of drug-likeness (QED) is 0.871. The van der Waals surface area contributed by atoms with Gasteiger partial charge in [-0.25, -0.2) is 4.98 Å². The van der Waals surface area contributed by atoms with Gasteiger partial charge < -0.3 is 15.2 Å². The molecule has 2 N–H and O–H groups in total. The van der Waals surface area contributed by atoms with Crippen LogP contribution in [0.5, 0.6) is 11.5 Å². The predicted octanol–water partition coefficient (Wildman–Crippen LogP) is 2.58. The molecule has 18 heavy (non-hydrogen) atoms. The fraction of sp³-hybridized carbons (Fsp3) is 0.308. The first-order chi connectivity index (χ1) is 8.81. The summed E-state index contributed by atoms with van der Waals surface area (Å²) in [6.45, 7) is 3.57. The molecular formula is C13H16N2O2S. The van der Waals surface area contributed by atoms with Crippen molar-refractivity contribution < 1.29 is 9.47 Å². The van der Waals surface area contributed by atoms with E-state index in [0.29, 0.717) is 19.8 Å². The third-order valence-corrected chi connectivity index (χ3v) is 3.22. The number of benzene rings is 1. The van der Waals surface area contributed by atoms with E-state index in [1.165, 1.54) is 0 Å². The summed E-state index contributed by atoms with van der Waals surface area (Å²) in [6, 6.07) is 7.57. The molecule has 0 radical (unpaired) electrons. The molecule has 0 aliphatic carbocycles. The Morgan fingerprint density at radius 3 is 2.39 bits per heavy atom. The molecule has 0 saturated heterocycles. The third-order valence-electron chi connectivity index (χ3n) is 2.30. The lowest BCUT2D eigenvalue weighted by Gasteiger charge is -2.06. The Balaban J connectivity index is 1.89. The minimum absolute atomic E-state index is 0.463. The molecule has 0 fully saturated rings. The first kappa shape index (κ1) is 12.9. The zero-order chi connectivity index (χ0) is 12.8. The number of hydrogen-bond donors (Lipinski definition) is 1. The van der Waals surface area contributed by atoms with Crippen LogP contribution in [0.1, 0.15) is 17.6 Å². The Labute approximate surface area is 110 Å². The fourth-order valence-electron chi connectivity index (χ4n) is 1.47. The monoisotopic (exact) mass is 264 g/mol. The van der Waals surface area contributed by atoms with Crippen LogP contribution >= 0.6 is 11.3 Å². The predicted molar refractivity (Wildman–Crippen MR) is 71.9 cm³/mol. The average molecular weight is 264 g/mol. The Hall–Kier alpha value is -1.59. The zero-order valence-corrected chi connectivity index (χ0v) is 11.1. The summed E-state index contributed by atoms with van der Waals surface area (Å²) in [4.78, 5) is 4.33. The zero-order valence-electron chi connectivity index (χ0n) is 10.3. The minimum atomic E-state index is 0.463. The van der Waals surface area contributed by atoms with Gasteiger partial charge in [0.05, 0.1) is 12.3 Å². The van der Waals surface area contributed by atoms with Crippen molar-refractivity contribution in [2.45, 2.75) is 20.1 Å². The van der Waals surface area contributed by atoms with Crippen LogP contribution in [0.3, 0.4) is 0 Å². The van der Waals surface area contributed by atoms with Crippen molar-refractivity contribution in [3.63, 3.8) is 0 Å². The van der Waals surface area contributed by atoms with Crippen molar-refractivity contribution in [2.24, 2.45) is 5.73 Å². The van der Waals surface area contributed by atoms with Gasteiger partial charge in [0.1, 0.15) is 23.1 Å². The van der Waals surface area contributed by atoms with Gasteiger partial charge in [-0.2, -0.15) is 0 Å². The molecule has 0 spiro atoms. The van der Waals surface area contributed by atoms with Crippen LogP contribution in [0.2, 0.25) is 0 Å².